The van der Waals surface area contributed by atoms with Crippen LogP contribution in [-0.2, 0) is 16.4 Å². The Bertz CT molecular complexity index is 1050. The van der Waals surface area contributed by atoms with E-state index in [2.05, 4.69) is 9.97 Å². The van der Waals surface area contributed by atoms with Crippen molar-refractivity contribution < 1.29 is 22.0 Å². The molecule has 3 N–H and O–H groups in total. The zero-order valence-electron chi connectivity index (χ0n) is 17.3. The van der Waals surface area contributed by atoms with E-state index >= 15 is 0 Å². The minimum absolute atomic E-state index is 0.0413. The number of nitrogens with two attached hydrogens (primary N) is 1. The molecule has 1 aliphatic rings. The lowest BCUT2D eigenvalue weighted by atomic mass is 10.2. The van der Waals surface area contributed by atoms with E-state index in [0.717, 1.165) is 30.2 Å². The number of halogens is 1. The molecule has 1 fully saturated rings. The number of nitrogens with zero attached hydrogens (tertiary/aromatic N) is 4. The van der Waals surface area contributed by atoms with E-state index < -0.39 is 39.0 Å². The van der Waals surface area contributed by atoms with Crippen LogP contribution in [0, 0.1) is 18.2 Å². The Morgan fingerprint density at radius 2 is 1.94 bits per heavy atom. The van der Waals surface area contributed by atoms with Crippen LogP contribution in [0.15, 0.2) is 28.9 Å². The van der Waals surface area contributed by atoms with Crippen LogP contribution in [0.4, 0.5) is 4.39 Å². The molecule has 0 bridgehead atoms. The number of sulfonamides is 1. The van der Waals surface area contributed by atoms with Gasteiger partial charge in [-0.1, -0.05) is 12.8 Å². The lowest BCUT2D eigenvalue weighted by Gasteiger charge is -2.38. The summed E-state index contributed by atoms with van der Waals surface area (Å²) in [6.07, 6.45) is 4.50. The van der Waals surface area contributed by atoms with Crippen molar-refractivity contribution in [3.63, 3.8) is 0 Å². The summed E-state index contributed by atoms with van der Waals surface area (Å²) in [7, 11) is -4.32. The maximum absolute atomic E-state index is 13.4. The molecule has 0 aromatic carbocycles. The second-order valence-electron chi connectivity index (χ2n) is 7.50. The van der Waals surface area contributed by atoms with Crippen molar-refractivity contribution in [1.29, 1.82) is 5.41 Å². The molecule has 0 radical (unpaired) electrons. The summed E-state index contributed by atoms with van der Waals surface area (Å²) in [4.78, 5) is 20.9. The molecule has 0 spiro atoms. The molecule has 168 valence electrons. The van der Waals surface area contributed by atoms with Gasteiger partial charge in [-0.25, -0.2) is 27.8 Å². The number of nitrogens with one attached hydrogen (secondary N) is 1. The summed E-state index contributed by atoms with van der Waals surface area (Å²) in [6.45, 7) is 3.06. The fraction of sp³-hybridized carbons (Fsp3) is 0.474. The average molecular weight is 453 g/mol. The average Bonchev–Trinajstić information content (AvgIpc) is 3.38. The number of hydrogen-bond acceptors (Lipinski definition) is 7. The number of hydrazine groups is 1. The lowest BCUT2D eigenvalue weighted by molar-refractivity contribution is 0.0337. The number of hydrogen-bond donors (Lipinski definition) is 2. The molecule has 1 saturated carbocycles. The van der Waals surface area contributed by atoms with Gasteiger partial charge in [0.1, 0.15) is 11.6 Å². The highest BCUT2D eigenvalue weighted by molar-refractivity contribution is 7.90. The van der Waals surface area contributed by atoms with Crippen LogP contribution in [0.5, 0.6) is 0 Å². The van der Waals surface area contributed by atoms with Gasteiger partial charge in [-0.05, 0) is 38.8 Å². The minimum atomic E-state index is -4.32. The summed E-state index contributed by atoms with van der Waals surface area (Å²) in [5, 5.41) is 7.86. The van der Waals surface area contributed by atoms with E-state index in [4.69, 9.17) is 15.6 Å². The first-order valence-electron chi connectivity index (χ1n) is 9.85. The van der Waals surface area contributed by atoms with Gasteiger partial charge in [-0.2, -0.15) is 0 Å². The van der Waals surface area contributed by atoms with Crippen LogP contribution in [0.2, 0.25) is 0 Å². The predicted molar refractivity (Wildman–Crippen MR) is 110 cm³/mol. The molecule has 0 unspecified atom stereocenters. The standard InChI is InChI=1S/C19H25FN6O4S/c1-12-7-8-16(30-12)18(27)25(15-5-3-4-6-15)26(19(21)22)31(28,29)13(2)9-17-23-10-14(20)11-24-17/h7-8,10-11,13,15H,3-6,9H2,1-2H3,(H3,21,22)/t13-/m0/s1. The summed E-state index contributed by atoms with van der Waals surface area (Å²) >= 11 is 0. The second kappa shape index (κ2) is 9.00. The molecule has 1 atom stereocenters. The molecule has 12 heteroatoms. The number of guanidine groups is 1. The van der Waals surface area contributed by atoms with Crippen LogP contribution >= 0.6 is 0 Å². The Hall–Kier alpha value is -3.02. The van der Waals surface area contributed by atoms with Gasteiger partial charge < -0.3 is 10.2 Å². The van der Waals surface area contributed by atoms with Crippen LogP contribution < -0.4 is 5.73 Å². The van der Waals surface area contributed by atoms with Crippen molar-refractivity contribution in [2.75, 3.05) is 0 Å². The van der Waals surface area contributed by atoms with Gasteiger partial charge in [0.15, 0.2) is 11.6 Å². The SMILES string of the molecule is Cc1ccc(C(=O)N(C2CCCC2)N(C(=N)N)S(=O)(=O)[C@@H](C)Cc2ncc(F)cn2)o1. The molecule has 0 aliphatic heterocycles. The lowest BCUT2D eigenvalue weighted by Crippen LogP contribution is -2.60. The number of aryl methyl sites for hydroxylation is 1. The van der Waals surface area contributed by atoms with Crippen molar-refractivity contribution in [1.82, 2.24) is 19.4 Å². The fourth-order valence-corrected chi connectivity index (χ4v) is 4.99. The van der Waals surface area contributed by atoms with Gasteiger partial charge in [0.2, 0.25) is 5.96 Å². The minimum Gasteiger partial charge on any atom is -0.456 e. The Labute approximate surface area is 179 Å². The van der Waals surface area contributed by atoms with Crippen LogP contribution in [0.1, 0.15) is 54.7 Å². The van der Waals surface area contributed by atoms with E-state index in [-0.39, 0.29) is 18.0 Å². The molecule has 3 rings (SSSR count). The normalized spacial score (nSPS) is 15.6. The number of aromatic nitrogens is 2. The second-order valence-corrected chi connectivity index (χ2v) is 9.68. The van der Waals surface area contributed by atoms with Crippen molar-refractivity contribution >= 4 is 21.9 Å². The van der Waals surface area contributed by atoms with Gasteiger partial charge >= 0.3 is 5.91 Å². The highest BCUT2D eigenvalue weighted by Crippen LogP contribution is 2.29. The van der Waals surface area contributed by atoms with Crippen LogP contribution in [0.3, 0.4) is 0 Å². The third-order valence-electron chi connectivity index (χ3n) is 5.12. The molecule has 1 aliphatic carbocycles. The maximum Gasteiger partial charge on any atom is 0.309 e. The first-order chi connectivity index (χ1) is 14.6. The number of carbonyl (C=O) groups is 1. The van der Waals surface area contributed by atoms with E-state index in [1.807, 2.05) is 0 Å². The number of rotatable bonds is 6. The Morgan fingerprint density at radius 3 is 2.45 bits per heavy atom. The molecule has 1 amide bonds. The molecular formula is C19H25FN6O4S. The summed E-state index contributed by atoms with van der Waals surface area (Å²) in [5.41, 5.74) is 5.69. The highest BCUT2D eigenvalue weighted by Gasteiger charge is 2.42. The van der Waals surface area contributed by atoms with Gasteiger partial charge in [-0.15, -0.1) is 4.41 Å². The van der Waals surface area contributed by atoms with Crippen LogP contribution in [-0.4, -0.2) is 51.0 Å². The molecular weight excluding hydrogens is 427 g/mol. The van der Waals surface area contributed by atoms with E-state index in [0.29, 0.717) is 23.0 Å². The van der Waals surface area contributed by atoms with Crippen LogP contribution in [0.25, 0.3) is 0 Å². The Kier molecular flexibility index (Phi) is 6.58. The third kappa shape index (κ3) is 4.84. The van der Waals surface area contributed by atoms with Crippen molar-refractivity contribution in [2.24, 2.45) is 5.73 Å². The summed E-state index contributed by atoms with van der Waals surface area (Å²) < 4.78 is 45.9. The highest BCUT2D eigenvalue weighted by atomic mass is 32.2. The molecule has 31 heavy (non-hydrogen) atoms. The topological polar surface area (TPSA) is 146 Å². The van der Waals surface area contributed by atoms with Gasteiger partial charge in [0.25, 0.3) is 10.0 Å². The first-order valence-corrected chi connectivity index (χ1v) is 11.4. The van der Waals surface area contributed by atoms with Gasteiger partial charge in [0.05, 0.1) is 23.7 Å². The van der Waals surface area contributed by atoms with Crippen molar-refractivity contribution in [3.05, 3.63) is 47.7 Å². The van der Waals surface area contributed by atoms with E-state index in [1.165, 1.54) is 13.0 Å². The zero-order chi connectivity index (χ0) is 22.8. The van der Waals surface area contributed by atoms with Crippen molar-refractivity contribution in [2.45, 2.75) is 57.2 Å². The van der Waals surface area contributed by atoms with Crippen molar-refractivity contribution in [3.8, 4) is 0 Å². The molecule has 2 aromatic heterocycles. The van der Waals surface area contributed by atoms with Gasteiger partial charge in [-0.3, -0.25) is 10.2 Å². The maximum atomic E-state index is 13.4. The van der Waals surface area contributed by atoms with E-state index in [9.17, 15) is 17.6 Å². The third-order valence-corrected chi connectivity index (χ3v) is 7.16. The first kappa shape index (κ1) is 22.7. The molecule has 10 nitrogen and oxygen atoms in total. The number of furan rings is 1. The monoisotopic (exact) mass is 452 g/mol. The smallest absolute Gasteiger partial charge is 0.309 e. The number of carbonyl (C=O) groups excluding carboxylic acids is 1. The summed E-state index contributed by atoms with van der Waals surface area (Å²) in [6, 6.07) is 2.60. The predicted octanol–water partition coefficient (Wildman–Crippen LogP) is 1.97. The Balaban J connectivity index is 1.97. The summed E-state index contributed by atoms with van der Waals surface area (Å²) in [5.74, 6) is -1.58. The molecule has 2 aromatic rings. The Morgan fingerprint density at radius 1 is 1.32 bits per heavy atom. The van der Waals surface area contributed by atoms with E-state index in [1.54, 1.807) is 13.0 Å². The zero-order valence-corrected chi connectivity index (χ0v) is 18.1. The molecule has 0 saturated heterocycles. The largest absolute Gasteiger partial charge is 0.456 e. The number of amides is 1. The quantitative estimate of drug-likeness (QED) is 0.387. The molecule has 2 heterocycles. The fourth-order valence-electron chi connectivity index (χ4n) is 3.56. The van der Waals surface area contributed by atoms with Gasteiger partial charge in [0, 0.05) is 6.42 Å².